The van der Waals surface area contributed by atoms with Crippen molar-refractivity contribution in [1.29, 1.82) is 0 Å². The standard InChI is InChI=1S/C16H22N4O/c1-11(2)16-19-14(17-3)9-15(20-16)18-13(10-21)12-7-5-4-6-8-12/h4-9,11,13,21H,10H2,1-3H3,(H2,17,18,19,20). The van der Waals surface area contributed by atoms with Crippen molar-refractivity contribution in [3.05, 3.63) is 47.8 Å². The van der Waals surface area contributed by atoms with Gasteiger partial charge in [0, 0.05) is 19.0 Å². The Morgan fingerprint density at radius 3 is 2.33 bits per heavy atom. The Balaban J connectivity index is 2.27. The van der Waals surface area contributed by atoms with Crippen LogP contribution in [-0.2, 0) is 0 Å². The van der Waals surface area contributed by atoms with E-state index < -0.39 is 0 Å². The van der Waals surface area contributed by atoms with Gasteiger partial charge in [0.1, 0.15) is 17.5 Å². The summed E-state index contributed by atoms with van der Waals surface area (Å²) in [5.41, 5.74) is 1.02. The molecule has 0 aliphatic rings. The van der Waals surface area contributed by atoms with Crippen molar-refractivity contribution in [3.63, 3.8) is 0 Å². The van der Waals surface area contributed by atoms with E-state index in [4.69, 9.17) is 0 Å². The second-order valence-corrected chi connectivity index (χ2v) is 5.19. The first kappa shape index (κ1) is 15.3. The molecule has 112 valence electrons. The molecule has 0 spiro atoms. The first-order valence-electron chi connectivity index (χ1n) is 7.13. The van der Waals surface area contributed by atoms with Crippen molar-refractivity contribution < 1.29 is 5.11 Å². The first-order chi connectivity index (χ1) is 10.1. The zero-order chi connectivity index (χ0) is 15.2. The van der Waals surface area contributed by atoms with E-state index in [0.29, 0.717) is 5.82 Å². The van der Waals surface area contributed by atoms with Crippen LogP contribution in [0.5, 0.6) is 0 Å². The van der Waals surface area contributed by atoms with Crippen molar-refractivity contribution >= 4 is 11.6 Å². The second kappa shape index (κ2) is 7.04. The number of nitrogens with one attached hydrogen (secondary N) is 2. The van der Waals surface area contributed by atoms with Crippen LogP contribution < -0.4 is 10.6 Å². The lowest BCUT2D eigenvalue weighted by molar-refractivity contribution is 0.276. The second-order valence-electron chi connectivity index (χ2n) is 5.19. The monoisotopic (exact) mass is 286 g/mol. The third-order valence-electron chi connectivity index (χ3n) is 3.22. The van der Waals surface area contributed by atoms with Gasteiger partial charge in [-0.2, -0.15) is 0 Å². The highest BCUT2D eigenvalue weighted by Crippen LogP contribution is 2.21. The molecule has 0 saturated heterocycles. The van der Waals surface area contributed by atoms with Crippen molar-refractivity contribution in [1.82, 2.24) is 9.97 Å². The largest absolute Gasteiger partial charge is 0.394 e. The fraction of sp³-hybridized carbons (Fsp3) is 0.375. The number of benzene rings is 1. The summed E-state index contributed by atoms with van der Waals surface area (Å²) in [6, 6.07) is 11.5. The van der Waals surface area contributed by atoms with Crippen molar-refractivity contribution in [3.8, 4) is 0 Å². The maximum atomic E-state index is 9.62. The van der Waals surface area contributed by atoms with E-state index in [-0.39, 0.29) is 18.6 Å². The summed E-state index contributed by atoms with van der Waals surface area (Å²) in [5, 5.41) is 15.9. The highest BCUT2D eigenvalue weighted by Gasteiger charge is 2.13. The SMILES string of the molecule is CNc1cc(NC(CO)c2ccccc2)nc(C(C)C)n1. The van der Waals surface area contributed by atoms with E-state index in [1.807, 2.05) is 43.4 Å². The van der Waals surface area contributed by atoms with Gasteiger partial charge in [-0.15, -0.1) is 0 Å². The third-order valence-corrected chi connectivity index (χ3v) is 3.22. The van der Waals surface area contributed by atoms with Crippen LogP contribution in [0, 0.1) is 0 Å². The molecule has 21 heavy (non-hydrogen) atoms. The molecule has 2 rings (SSSR count). The average Bonchev–Trinajstić information content (AvgIpc) is 2.53. The molecule has 1 heterocycles. The molecule has 3 N–H and O–H groups in total. The Morgan fingerprint density at radius 1 is 1.10 bits per heavy atom. The van der Waals surface area contributed by atoms with Crippen LogP contribution in [0.4, 0.5) is 11.6 Å². The molecular formula is C16H22N4O. The van der Waals surface area contributed by atoms with E-state index in [2.05, 4.69) is 34.4 Å². The molecular weight excluding hydrogens is 264 g/mol. The zero-order valence-corrected chi connectivity index (χ0v) is 12.7. The summed E-state index contributed by atoms with van der Waals surface area (Å²) in [6.45, 7) is 4.11. The van der Waals surface area contributed by atoms with E-state index in [1.165, 1.54) is 0 Å². The first-order valence-corrected chi connectivity index (χ1v) is 7.13. The summed E-state index contributed by atoms with van der Waals surface area (Å²) in [6.07, 6.45) is 0. The number of nitrogens with zero attached hydrogens (tertiary/aromatic N) is 2. The summed E-state index contributed by atoms with van der Waals surface area (Å²) in [7, 11) is 1.83. The van der Waals surface area contributed by atoms with Crippen LogP contribution >= 0.6 is 0 Å². The van der Waals surface area contributed by atoms with Gasteiger partial charge in [-0.25, -0.2) is 9.97 Å². The Morgan fingerprint density at radius 2 is 1.76 bits per heavy atom. The van der Waals surface area contributed by atoms with Gasteiger partial charge in [0.25, 0.3) is 0 Å². The van der Waals surface area contributed by atoms with Crippen molar-refractivity contribution in [2.75, 3.05) is 24.3 Å². The molecule has 5 nitrogen and oxygen atoms in total. The van der Waals surface area contributed by atoms with E-state index >= 15 is 0 Å². The molecule has 1 unspecified atom stereocenters. The highest BCUT2D eigenvalue weighted by molar-refractivity contribution is 5.49. The van der Waals surface area contributed by atoms with E-state index in [1.54, 1.807) is 0 Å². The number of rotatable bonds is 6. The maximum absolute atomic E-state index is 9.62. The summed E-state index contributed by atoms with van der Waals surface area (Å²) in [4.78, 5) is 8.95. The Labute approximate surface area is 125 Å². The molecule has 1 aromatic heterocycles. The van der Waals surface area contributed by atoms with Crippen LogP contribution in [0.2, 0.25) is 0 Å². The lowest BCUT2D eigenvalue weighted by Gasteiger charge is -2.18. The Bertz CT molecular complexity index is 572. The highest BCUT2D eigenvalue weighted by atomic mass is 16.3. The Kier molecular flexibility index (Phi) is 5.11. The molecule has 1 atom stereocenters. The number of aromatic nitrogens is 2. The summed E-state index contributed by atoms with van der Waals surface area (Å²) < 4.78 is 0. The number of aliphatic hydroxyl groups is 1. The predicted octanol–water partition coefficient (Wildman–Crippen LogP) is 2.79. The quantitative estimate of drug-likeness (QED) is 0.761. The van der Waals surface area contributed by atoms with Crippen LogP contribution in [0.1, 0.15) is 37.2 Å². The molecule has 0 aliphatic carbocycles. The number of hydrogen-bond donors (Lipinski definition) is 3. The summed E-state index contributed by atoms with van der Waals surface area (Å²) in [5.74, 6) is 2.49. The smallest absolute Gasteiger partial charge is 0.135 e. The fourth-order valence-electron chi connectivity index (χ4n) is 2.02. The maximum Gasteiger partial charge on any atom is 0.135 e. The third kappa shape index (κ3) is 3.92. The van der Waals surface area contributed by atoms with Gasteiger partial charge in [0.2, 0.25) is 0 Å². The summed E-state index contributed by atoms with van der Waals surface area (Å²) >= 11 is 0. The Hall–Kier alpha value is -2.14. The fourth-order valence-corrected chi connectivity index (χ4v) is 2.02. The molecule has 0 amide bonds. The minimum Gasteiger partial charge on any atom is -0.394 e. The molecule has 1 aromatic carbocycles. The van der Waals surface area contributed by atoms with E-state index in [0.717, 1.165) is 17.2 Å². The number of aliphatic hydroxyl groups excluding tert-OH is 1. The van der Waals surface area contributed by atoms with Crippen LogP contribution in [0.25, 0.3) is 0 Å². The molecule has 2 aromatic rings. The number of anilines is 2. The zero-order valence-electron chi connectivity index (χ0n) is 12.7. The van der Waals surface area contributed by atoms with Crippen LogP contribution in [-0.4, -0.2) is 28.7 Å². The molecule has 0 fully saturated rings. The van der Waals surface area contributed by atoms with Crippen molar-refractivity contribution in [2.45, 2.75) is 25.8 Å². The van der Waals surface area contributed by atoms with Gasteiger partial charge in [0.05, 0.1) is 12.6 Å². The van der Waals surface area contributed by atoms with E-state index in [9.17, 15) is 5.11 Å². The molecule has 0 aliphatic heterocycles. The van der Waals surface area contributed by atoms with Gasteiger partial charge in [0.15, 0.2) is 0 Å². The molecule has 0 saturated carbocycles. The van der Waals surface area contributed by atoms with Crippen LogP contribution in [0.15, 0.2) is 36.4 Å². The number of hydrogen-bond acceptors (Lipinski definition) is 5. The van der Waals surface area contributed by atoms with Gasteiger partial charge >= 0.3 is 0 Å². The van der Waals surface area contributed by atoms with Gasteiger partial charge in [-0.1, -0.05) is 44.2 Å². The minimum atomic E-state index is -0.189. The van der Waals surface area contributed by atoms with Gasteiger partial charge < -0.3 is 15.7 Å². The topological polar surface area (TPSA) is 70.1 Å². The minimum absolute atomic E-state index is 0.0000843. The van der Waals surface area contributed by atoms with Gasteiger partial charge in [-0.05, 0) is 5.56 Å². The molecule has 0 radical (unpaired) electrons. The molecule has 0 bridgehead atoms. The lowest BCUT2D eigenvalue weighted by atomic mass is 10.1. The lowest BCUT2D eigenvalue weighted by Crippen LogP contribution is -2.16. The predicted molar refractivity (Wildman–Crippen MR) is 85.6 cm³/mol. The van der Waals surface area contributed by atoms with Gasteiger partial charge in [-0.3, -0.25) is 0 Å². The van der Waals surface area contributed by atoms with Crippen molar-refractivity contribution in [2.24, 2.45) is 0 Å². The normalized spacial score (nSPS) is 12.2. The molecule has 5 heteroatoms. The average molecular weight is 286 g/mol. The van der Waals surface area contributed by atoms with Crippen LogP contribution in [0.3, 0.4) is 0 Å².